The Morgan fingerprint density at radius 1 is 1.14 bits per heavy atom. The molecule has 2 heterocycles. The Bertz CT molecular complexity index is 1160. The number of aliphatic hydroxyl groups is 1. The monoisotopic (exact) mass is 526 g/mol. The molecule has 2 aromatic carbocycles. The van der Waals surface area contributed by atoms with Gasteiger partial charge in [-0.1, -0.05) is 60.3 Å². The average molecular weight is 527 g/mol. The number of carbonyl (C=O) groups is 2. The van der Waals surface area contributed by atoms with E-state index in [2.05, 4.69) is 20.5 Å². The lowest BCUT2D eigenvalue weighted by Gasteiger charge is -2.36. The molecule has 1 aliphatic rings. The van der Waals surface area contributed by atoms with Gasteiger partial charge in [0.2, 0.25) is 0 Å². The van der Waals surface area contributed by atoms with E-state index in [-0.39, 0.29) is 24.7 Å². The molecule has 10 nitrogen and oxygen atoms in total. The number of aromatic amines is 1. The third-order valence-corrected chi connectivity index (χ3v) is 6.85. The number of aliphatic hydroxyl groups excluding tert-OH is 1. The second-order valence-corrected chi connectivity index (χ2v) is 9.67. The van der Waals surface area contributed by atoms with E-state index >= 15 is 0 Å². The van der Waals surface area contributed by atoms with E-state index in [0.29, 0.717) is 18.7 Å². The quantitative estimate of drug-likeness (QED) is 0.269. The fourth-order valence-electron chi connectivity index (χ4n) is 3.89. The van der Waals surface area contributed by atoms with Gasteiger partial charge in [-0.2, -0.15) is 5.10 Å². The van der Waals surface area contributed by atoms with Crippen LogP contribution in [0.3, 0.4) is 0 Å². The van der Waals surface area contributed by atoms with Crippen molar-refractivity contribution in [1.29, 1.82) is 0 Å². The maximum absolute atomic E-state index is 12.1. The highest BCUT2D eigenvalue weighted by Crippen LogP contribution is 2.39. The van der Waals surface area contributed by atoms with Crippen LogP contribution in [0, 0.1) is 0 Å². The minimum atomic E-state index is -0.851. The van der Waals surface area contributed by atoms with Crippen molar-refractivity contribution in [3.63, 3.8) is 0 Å². The number of esters is 1. The van der Waals surface area contributed by atoms with Crippen LogP contribution in [-0.2, 0) is 37.0 Å². The fourth-order valence-corrected chi connectivity index (χ4v) is 4.68. The first-order valence-corrected chi connectivity index (χ1v) is 12.9. The fraction of sp³-hybridized carbons (Fsp3) is 0.385. The zero-order chi connectivity index (χ0) is 26.2. The number of rotatable bonds is 10. The molecular weight excluding hydrogens is 496 g/mol. The first kappa shape index (κ1) is 26.8. The summed E-state index contributed by atoms with van der Waals surface area (Å²) in [6.07, 6.45) is 0.426. The molecule has 0 saturated carbocycles. The molecule has 0 unspecified atom stereocenters. The van der Waals surface area contributed by atoms with Crippen LogP contribution >= 0.6 is 11.8 Å². The van der Waals surface area contributed by atoms with Crippen molar-refractivity contribution in [1.82, 2.24) is 20.5 Å². The minimum absolute atomic E-state index is 0.0105. The van der Waals surface area contributed by atoms with Crippen LogP contribution in [0.4, 0.5) is 0 Å². The van der Waals surface area contributed by atoms with Gasteiger partial charge in [0.05, 0.1) is 18.8 Å². The summed E-state index contributed by atoms with van der Waals surface area (Å²) in [6.45, 7) is 3.09. The summed E-state index contributed by atoms with van der Waals surface area (Å²) in [5.74, 6) is -0.190. The van der Waals surface area contributed by atoms with Crippen LogP contribution in [0.25, 0.3) is 0 Å². The van der Waals surface area contributed by atoms with E-state index < -0.39 is 18.4 Å². The number of nitrogens with one attached hydrogen (secondary N) is 2. The number of thioether (sulfide) groups is 1. The zero-order valence-electron chi connectivity index (χ0n) is 20.6. The van der Waals surface area contributed by atoms with Crippen LogP contribution in [0.5, 0.6) is 0 Å². The maximum atomic E-state index is 12.1. The Morgan fingerprint density at radius 2 is 1.84 bits per heavy atom. The summed E-state index contributed by atoms with van der Waals surface area (Å²) in [4.78, 5) is 27.3. The van der Waals surface area contributed by atoms with E-state index in [4.69, 9.17) is 14.2 Å². The van der Waals surface area contributed by atoms with Crippen molar-refractivity contribution in [2.24, 2.45) is 0 Å². The highest BCUT2D eigenvalue weighted by molar-refractivity contribution is 7.99. The Kier molecular flexibility index (Phi) is 9.29. The number of H-pyrrole nitrogens is 1. The van der Waals surface area contributed by atoms with Gasteiger partial charge in [-0.05, 0) is 23.6 Å². The van der Waals surface area contributed by atoms with Crippen molar-refractivity contribution in [3.8, 4) is 0 Å². The second kappa shape index (κ2) is 12.8. The number of nitrogens with zero attached hydrogens (tertiary/aromatic N) is 2. The van der Waals surface area contributed by atoms with Crippen molar-refractivity contribution >= 4 is 23.6 Å². The van der Waals surface area contributed by atoms with Gasteiger partial charge in [-0.3, -0.25) is 14.7 Å². The zero-order valence-corrected chi connectivity index (χ0v) is 21.4. The molecule has 1 fully saturated rings. The first-order chi connectivity index (χ1) is 17.9. The Balaban J connectivity index is 1.42. The first-order valence-electron chi connectivity index (χ1n) is 11.9. The van der Waals surface area contributed by atoms with E-state index in [1.165, 1.54) is 31.9 Å². The molecule has 0 aliphatic carbocycles. The third kappa shape index (κ3) is 7.62. The highest BCUT2D eigenvalue weighted by Gasteiger charge is 2.32. The number of hydrogen-bond donors (Lipinski definition) is 3. The van der Waals surface area contributed by atoms with Gasteiger partial charge in [-0.25, -0.2) is 4.98 Å². The molecular formula is C26H30N4O6S. The normalized spacial score (nSPS) is 20.2. The molecule has 3 N–H and O–H groups in total. The Hall–Kier alpha value is -3.25. The second-order valence-electron chi connectivity index (χ2n) is 8.66. The van der Waals surface area contributed by atoms with Gasteiger partial charge < -0.3 is 24.6 Å². The van der Waals surface area contributed by atoms with E-state index in [1.807, 2.05) is 48.5 Å². The summed E-state index contributed by atoms with van der Waals surface area (Å²) in [6, 6.07) is 15.4. The van der Waals surface area contributed by atoms with Crippen LogP contribution in [0.1, 0.15) is 54.9 Å². The molecule has 11 heteroatoms. The predicted octanol–water partition coefficient (Wildman–Crippen LogP) is 3.20. The standard InChI is InChI=1S/C26H30N4O6S/c1-16(34-17(2)32)24(33)27-12-18-3-9-21(10-4-18)25-35-22(14-37-26-28-15-29-30-26)11-23(36-25)20-7-5-19(13-31)6-8-20/h3-10,15-16,22-23,25,31H,11-14H2,1-2H3,(H,27,33)(H,28,29,30)/t16-,22-,23+,25+/m0/s1. The number of ether oxygens (including phenoxy) is 3. The summed E-state index contributed by atoms with van der Waals surface area (Å²) < 4.78 is 17.6. The lowest BCUT2D eigenvalue weighted by Crippen LogP contribution is -2.35. The van der Waals surface area contributed by atoms with E-state index in [9.17, 15) is 14.7 Å². The number of amides is 1. The molecule has 3 aromatic rings. The Morgan fingerprint density at radius 3 is 2.49 bits per heavy atom. The molecule has 37 heavy (non-hydrogen) atoms. The summed E-state index contributed by atoms with van der Waals surface area (Å²) in [7, 11) is 0. The van der Waals surface area contributed by atoms with Gasteiger partial charge in [0.25, 0.3) is 5.91 Å². The highest BCUT2D eigenvalue weighted by atomic mass is 32.2. The smallest absolute Gasteiger partial charge is 0.303 e. The summed E-state index contributed by atoms with van der Waals surface area (Å²) in [5.41, 5.74) is 3.60. The SMILES string of the molecule is CC(=O)O[C@@H](C)C(=O)NCc1ccc([C@@H]2O[C@H](CSc3ncn[nH]3)C[C@H](c3ccc(CO)cc3)O2)cc1. The topological polar surface area (TPSA) is 136 Å². The predicted molar refractivity (Wildman–Crippen MR) is 135 cm³/mol. The lowest BCUT2D eigenvalue weighted by atomic mass is 10.0. The average Bonchev–Trinajstić information content (AvgIpc) is 3.44. The van der Waals surface area contributed by atoms with Crippen LogP contribution in [0.15, 0.2) is 60.0 Å². The van der Waals surface area contributed by atoms with Crippen molar-refractivity contribution in [2.45, 2.75) is 63.2 Å². The molecule has 1 amide bonds. The molecule has 0 spiro atoms. The van der Waals surface area contributed by atoms with Crippen LogP contribution < -0.4 is 5.32 Å². The molecule has 0 radical (unpaired) electrons. The summed E-state index contributed by atoms with van der Waals surface area (Å²) >= 11 is 1.54. The van der Waals surface area contributed by atoms with Crippen molar-refractivity contribution < 1.29 is 28.9 Å². The molecule has 4 atom stereocenters. The minimum Gasteiger partial charge on any atom is -0.453 e. The Labute approximate surface area is 219 Å². The van der Waals surface area contributed by atoms with Gasteiger partial charge >= 0.3 is 5.97 Å². The molecule has 1 aliphatic heterocycles. The third-order valence-electron chi connectivity index (χ3n) is 5.84. The molecule has 196 valence electrons. The van der Waals surface area contributed by atoms with Crippen LogP contribution in [0.2, 0.25) is 0 Å². The number of hydrogen-bond acceptors (Lipinski definition) is 9. The lowest BCUT2D eigenvalue weighted by molar-refractivity contribution is -0.245. The largest absolute Gasteiger partial charge is 0.453 e. The van der Waals surface area contributed by atoms with E-state index in [0.717, 1.165) is 27.4 Å². The van der Waals surface area contributed by atoms with Gasteiger partial charge in [0.15, 0.2) is 17.6 Å². The molecule has 1 saturated heterocycles. The summed E-state index contributed by atoms with van der Waals surface area (Å²) in [5, 5.41) is 19.6. The van der Waals surface area contributed by atoms with Crippen LogP contribution in [-0.4, -0.2) is 50.1 Å². The molecule has 1 aromatic heterocycles. The number of aromatic nitrogens is 3. The van der Waals surface area contributed by atoms with Gasteiger partial charge in [-0.15, -0.1) is 0 Å². The van der Waals surface area contributed by atoms with Gasteiger partial charge in [0, 0.05) is 31.2 Å². The number of benzene rings is 2. The van der Waals surface area contributed by atoms with Gasteiger partial charge in [0.1, 0.15) is 6.33 Å². The molecule has 0 bridgehead atoms. The van der Waals surface area contributed by atoms with Crippen molar-refractivity contribution in [3.05, 3.63) is 77.1 Å². The molecule has 4 rings (SSSR count). The number of carbonyl (C=O) groups excluding carboxylic acids is 2. The van der Waals surface area contributed by atoms with Crippen molar-refractivity contribution in [2.75, 3.05) is 5.75 Å². The maximum Gasteiger partial charge on any atom is 0.303 e. The van der Waals surface area contributed by atoms with E-state index in [1.54, 1.807) is 0 Å².